The zero-order valence-electron chi connectivity index (χ0n) is 15.5. The van der Waals surface area contributed by atoms with Gasteiger partial charge in [-0.1, -0.05) is 24.3 Å². The Bertz CT molecular complexity index is 848. The van der Waals surface area contributed by atoms with Gasteiger partial charge in [0.05, 0.1) is 30.9 Å². The van der Waals surface area contributed by atoms with Gasteiger partial charge >= 0.3 is 6.03 Å². The third kappa shape index (κ3) is 3.14. The molecule has 2 amide bonds. The van der Waals surface area contributed by atoms with Gasteiger partial charge in [0.1, 0.15) is 6.10 Å². The van der Waals surface area contributed by atoms with Crippen LogP contribution in [0.4, 0.5) is 10.5 Å². The second-order valence-electron chi connectivity index (χ2n) is 7.78. The fourth-order valence-corrected chi connectivity index (χ4v) is 3.87. The van der Waals surface area contributed by atoms with Crippen molar-refractivity contribution in [1.29, 1.82) is 0 Å². The molecule has 3 N–H and O–H groups in total. The van der Waals surface area contributed by atoms with Crippen molar-refractivity contribution in [3.05, 3.63) is 59.9 Å². The average molecular weight is 381 g/mol. The number of carbonyl (C=O) groups excluding carboxylic acids is 1. The van der Waals surface area contributed by atoms with Crippen LogP contribution in [0.1, 0.15) is 17.4 Å². The number of pyridine rings is 1. The summed E-state index contributed by atoms with van der Waals surface area (Å²) in [5.41, 5.74) is 5.44. The Morgan fingerprint density at radius 2 is 2.04 bits per heavy atom. The number of carbonyl (C=O) groups is 1. The molecule has 0 bridgehead atoms. The van der Waals surface area contributed by atoms with Gasteiger partial charge in [0.2, 0.25) is 0 Å². The number of benzene rings is 1. The molecule has 8 nitrogen and oxygen atoms in total. The molecular formula is C20H23N5O3. The number of para-hydroxylation sites is 1. The summed E-state index contributed by atoms with van der Waals surface area (Å²) in [6.45, 7) is 3.44. The molecule has 3 saturated heterocycles. The maximum atomic E-state index is 13.2. The van der Waals surface area contributed by atoms with E-state index in [1.54, 1.807) is 11.1 Å². The van der Waals surface area contributed by atoms with E-state index < -0.39 is 0 Å². The summed E-state index contributed by atoms with van der Waals surface area (Å²) in [6, 6.07) is 13.6. The Kier molecular flexibility index (Phi) is 4.28. The number of epoxide rings is 1. The molecule has 2 unspecified atom stereocenters. The lowest BCUT2D eigenvalue weighted by Gasteiger charge is -2.55. The fraction of sp³-hybridized carbons (Fsp3) is 0.400. The molecule has 0 saturated carbocycles. The predicted molar refractivity (Wildman–Crippen MR) is 102 cm³/mol. The molecule has 0 aliphatic carbocycles. The van der Waals surface area contributed by atoms with Crippen molar-refractivity contribution in [1.82, 2.24) is 15.3 Å². The van der Waals surface area contributed by atoms with Crippen molar-refractivity contribution >= 4 is 11.7 Å². The van der Waals surface area contributed by atoms with Crippen molar-refractivity contribution in [3.8, 4) is 0 Å². The highest BCUT2D eigenvalue weighted by molar-refractivity contribution is 5.92. The molecule has 8 heteroatoms. The van der Waals surface area contributed by atoms with Crippen LogP contribution in [0.5, 0.6) is 0 Å². The van der Waals surface area contributed by atoms with E-state index in [0.29, 0.717) is 6.54 Å². The highest BCUT2D eigenvalue weighted by atomic mass is 16.6. The first-order valence-corrected chi connectivity index (χ1v) is 9.43. The first kappa shape index (κ1) is 17.6. The lowest BCUT2D eigenvalue weighted by atomic mass is 9.78. The average Bonchev–Trinajstić information content (AvgIpc) is 3.45. The molecular weight excluding hydrogens is 358 g/mol. The Labute approximate surface area is 163 Å². The van der Waals surface area contributed by atoms with Crippen LogP contribution in [0.25, 0.3) is 0 Å². The molecule has 2 atom stereocenters. The van der Waals surface area contributed by atoms with Crippen molar-refractivity contribution in [2.24, 2.45) is 11.3 Å². The van der Waals surface area contributed by atoms with Gasteiger partial charge in [-0.3, -0.25) is 15.7 Å². The van der Waals surface area contributed by atoms with E-state index in [2.05, 4.69) is 10.4 Å². The highest BCUT2D eigenvalue weighted by Gasteiger charge is 2.51. The van der Waals surface area contributed by atoms with E-state index in [9.17, 15) is 4.79 Å². The standard InChI is InChI=1S/C20H23N5O3/c21-23-18-17(28-18)14-6-7-15(22-8-14)9-25(16-4-2-1-3-5-16)19(26)24-10-20(11-24)12-27-13-20/h1-8,17-18,23H,9-13,21H2. The van der Waals surface area contributed by atoms with Gasteiger partial charge in [-0.15, -0.1) is 0 Å². The minimum absolute atomic E-state index is 0.00697. The van der Waals surface area contributed by atoms with Crippen LogP contribution in [0, 0.1) is 5.41 Å². The lowest BCUT2D eigenvalue weighted by Crippen LogP contribution is -2.68. The van der Waals surface area contributed by atoms with Crippen LogP contribution in [0.2, 0.25) is 0 Å². The van der Waals surface area contributed by atoms with Crippen LogP contribution in [0.3, 0.4) is 0 Å². The number of anilines is 1. The summed E-state index contributed by atoms with van der Waals surface area (Å²) in [4.78, 5) is 21.4. The second kappa shape index (κ2) is 6.82. The molecule has 4 heterocycles. The van der Waals surface area contributed by atoms with Gasteiger partial charge in [0.25, 0.3) is 0 Å². The molecule has 2 aromatic rings. The maximum Gasteiger partial charge on any atom is 0.324 e. The minimum atomic E-state index is -0.149. The van der Waals surface area contributed by atoms with E-state index in [-0.39, 0.29) is 23.8 Å². The monoisotopic (exact) mass is 381 g/mol. The number of rotatable bonds is 5. The normalized spacial score (nSPS) is 24.4. The number of hydrogen-bond acceptors (Lipinski definition) is 6. The second-order valence-corrected chi connectivity index (χ2v) is 7.78. The Morgan fingerprint density at radius 1 is 1.25 bits per heavy atom. The Morgan fingerprint density at radius 3 is 2.61 bits per heavy atom. The number of nitrogens with one attached hydrogen (secondary N) is 1. The summed E-state index contributed by atoms with van der Waals surface area (Å²) >= 11 is 0. The number of hydrogen-bond donors (Lipinski definition) is 2. The van der Waals surface area contributed by atoms with Crippen LogP contribution >= 0.6 is 0 Å². The van der Waals surface area contributed by atoms with Crippen LogP contribution < -0.4 is 16.2 Å². The van der Waals surface area contributed by atoms with E-state index >= 15 is 0 Å². The van der Waals surface area contributed by atoms with Crippen LogP contribution in [0.15, 0.2) is 48.7 Å². The van der Waals surface area contributed by atoms with E-state index in [4.69, 9.17) is 15.3 Å². The number of ether oxygens (including phenoxy) is 2. The summed E-state index contributed by atoms with van der Waals surface area (Å²) in [5, 5.41) is 0. The topological polar surface area (TPSA) is 96.2 Å². The SMILES string of the molecule is NNC1OC1c1ccc(CN(C(=O)N2CC3(COC3)C2)c2ccccc2)nc1. The fourth-order valence-electron chi connectivity index (χ4n) is 3.87. The molecule has 3 fully saturated rings. The largest absolute Gasteiger partial charge is 0.380 e. The third-order valence-electron chi connectivity index (χ3n) is 5.59. The molecule has 0 radical (unpaired) electrons. The summed E-state index contributed by atoms with van der Waals surface area (Å²) in [7, 11) is 0. The zero-order chi connectivity index (χ0) is 19.1. The van der Waals surface area contributed by atoms with Crippen LogP contribution in [-0.2, 0) is 16.0 Å². The quantitative estimate of drug-likeness (QED) is 0.462. The van der Waals surface area contributed by atoms with Gasteiger partial charge in [-0.05, 0) is 18.2 Å². The number of nitrogens with zero attached hydrogens (tertiary/aromatic N) is 3. The van der Waals surface area contributed by atoms with Gasteiger partial charge in [-0.25, -0.2) is 10.2 Å². The molecule has 28 heavy (non-hydrogen) atoms. The van der Waals surface area contributed by atoms with E-state index in [0.717, 1.165) is 43.2 Å². The smallest absolute Gasteiger partial charge is 0.324 e. The van der Waals surface area contributed by atoms with Crippen molar-refractivity contribution < 1.29 is 14.3 Å². The third-order valence-corrected chi connectivity index (χ3v) is 5.59. The first-order valence-electron chi connectivity index (χ1n) is 9.43. The van der Waals surface area contributed by atoms with E-state index in [1.807, 2.05) is 47.4 Å². The molecule has 5 rings (SSSR count). The number of amides is 2. The predicted octanol–water partition coefficient (Wildman–Crippen LogP) is 1.40. The number of hydrazine groups is 1. The van der Waals surface area contributed by atoms with Gasteiger partial charge < -0.3 is 14.4 Å². The maximum absolute atomic E-state index is 13.2. The van der Waals surface area contributed by atoms with Gasteiger partial charge in [0.15, 0.2) is 6.23 Å². The number of urea groups is 1. The molecule has 1 aromatic heterocycles. The number of nitrogens with two attached hydrogens (primary N) is 1. The summed E-state index contributed by atoms with van der Waals surface area (Å²) in [5.74, 6) is 5.38. The Balaban J connectivity index is 1.31. The molecule has 1 aromatic carbocycles. The number of likely N-dealkylation sites (tertiary alicyclic amines) is 1. The van der Waals surface area contributed by atoms with Crippen molar-refractivity contribution in [2.45, 2.75) is 18.9 Å². The summed E-state index contributed by atoms with van der Waals surface area (Å²) < 4.78 is 10.7. The van der Waals surface area contributed by atoms with E-state index in [1.165, 1.54) is 0 Å². The van der Waals surface area contributed by atoms with Crippen molar-refractivity contribution in [3.63, 3.8) is 0 Å². The minimum Gasteiger partial charge on any atom is -0.380 e. The zero-order valence-corrected chi connectivity index (χ0v) is 15.5. The van der Waals surface area contributed by atoms with Crippen molar-refractivity contribution in [2.75, 3.05) is 31.2 Å². The molecule has 3 aliphatic rings. The number of aromatic nitrogens is 1. The Hall–Kier alpha value is -2.52. The lowest BCUT2D eigenvalue weighted by molar-refractivity contribution is -0.174. The molecule has 3 aliphatic heterocycles. The first-order chi connectivity index (χ1) is 13.7. The summed E-state index contributed by atoms with van der Waals surface area (Å²) in [6.07, 6.45) is 1.58. The van der Waals surface area contributed by atoms with Gasteiger partial charge in [-0.2, -0.15) is 0 Å². The molecule has 146 valence electrons. The van der Waals surface area contributed by atoms with Gasteiger partial charge in [0, 0.05) is 30.5 Å². The molecule has 1 spiro atoms. The highest BCUT2D eigenvalue weighted by Crippen LogP contribution is 2.39. The van der Waals surface area contributed by atoms with Crippen LogP contribution in [-0.4, -0.2) is 48.4 Å².